The van der Waals surface area contributed by atoms with Crippen LogP contribution in [-0.4, -0.2) is 27.0 Å². The van der Waals surface area contributed by atoms with Crippen LogP contribution in [-0.2, 0) is 6.54 Å². The minimum Gasteiger partial charge on any atom is -0.419 e. The molecular formula is C19H14Cl2FN3O2. The van der Waals surface area contributed by atoms with Gasteiger partial charge >= 0.3 is 0 Å². The zero-order chi connectivity index (χ0) is 19.0. The number of rotatable bonds is 5. The van der Waals surface area contributed by atoms with Crippen molar-refractivity contribution in [3.8, 4) is 11.5 Å². The maximum atomic E-state index is 13.3. The molecule has 0 radical (unpaired) electrons. The van der Waals surface area contributed by atoms with E-state index in [-0.39, 0.29) is 29.1 Å². The molecular weight excluding hydrogens is 392 g/mol. The molecule has 0 saturated heterocycles. The second-order valence-corrected chi connectivity index (χ2v) is 7.08. The molecule has 1 aliphatic carbocycles. The van der Waals surface area contributed by atoms with Crippen molar-refractivity contribution in [1.29, 1.82) is 0 Å². The smallest absolute Gasteiger partial charge is 0.256 e. The van der Waals surface area contributed by atoms with Crippen molar-refractivity contribution in [2.45, 2.75) is 25.4 Å². The van der Waals surface area contributed by atoms with Gasteiger partial charge in [-0.05, 0) is 43.2 Å². The van der Waals surface area contributed by atoms with Crippen molar-refractivity contribution in [3.05, 3.63) is 69.8 Å². The van der Waals surface area contributed by atoms with Gasteiger partial charge in [0.2, 0.25) is 11.8 Å². The first-order chi connectivity index (χ1) is 13.0. The van der Waals surface area contributed by atoms with Crippen LogP contribution in [0.15, 0.2) is 46.9 Å². The highest BCUT2D eigenvalue weighted by Gasteiger charge is 2.35. The molecule has 3 aromatic rings. The first-order valence-electron chi connectivity index (χ1n) is 8.36. The number of amides is 1. The highest BCUT2D eigenvalue weighted by molar-refractivity contribution is 6.34. The Bertz CT molecular complexity index is 1000. The van der Waals surface area contributed by atoms with Crippen LogP contribution in [0.5, 0.6) is 0 Å². The molecule has 27 heavy (non-hydrogen) atoms. The van der Waals surface area contributed by atoms with Crippen LogP contribution in [0.3, 0.4) is 0 Å². The maximum absolute atomic E-state index is 13.3. The van der Waals surface area contributed by atoms with E-state index < -0.39 is 5.82 Å². The number of carbonyl (C=O) groups is 1. The van der Waals surface area contributed by atoms with E-state index in [1.807, 2.05) is 12.1 Å². The van der Waals surface area contributed by atoms with E-state index in [1.54, 1.807) is 17.0 Å². The molecule has 0 aliphatic heterocycles. The lowest BCUT2D eigenvalue weighted by Gasteiger charge is -2.21. The Labute approximate surface area is 164 Å². The zero-order valence-electron chi connectivity index (χ0n) is 14.0. The van der Waals surface area contributed by atoms with Gasteiger partial charge in [-0.15, -0.1) is 10.2 Å². The van der Waals surface area contributed by atoms with Gasteiger partial charge in [0.05, 0.1) is 27.7 Å². The van der Waals surface area contributed by atoms with Crippen LogP contribution in [0.4, 0.5) is 4.39 Å². The molecule has 2 aromatic carbocycles. The summed E-state index contributed by atoms with van der Waals surface area (Å²) in [5.41, 5.74) is 0.875. The molecule has 1 heterocycles. The van der Waals surface area contributed by atoms with Crippen LogP contribution in [0.25, 0.3) is 11.5 Å². The van der Waals surface area contributed by atoms with Gasteiger partial charge < -0.3 is 9.32 Å². The quantitative estimate of drug-likeness (QED) is 0.599. The van der Waals surface area contributed by atoms with Crippen LogP contribution in [0, 0.1) is 5.82 Å². The maximum Gasteiger partial charge on any atom is 0.256 e. The monoisotopic (exact) mass is 405 g/mol. The van der Waals surface area contributed by atoms with E-state index in [1.165, 1.54) is 12.1 Å². The molecule has 1 aliphatic rings. The highest BCUT2D eigenvalue weighted by atomic mass is 35.5. The minimum absolute atomic E-state index is 0.0768. The van der Waals surface area contributed by atoms with Crippen molar-refractivity contribution in [2.24, 2.45) is 0 Å². The van der Waals surface area contributed by atoms with E-state index in [2.05, 4.69) is 10.2 Å². The average molecular weight is 406 g/mol. The zero-order valence-corrected chi connectivity index (χ0v) is 15.5. The van der Waals surface area contributed by atoms with Crippen molar-refractivity contribution < 1.29 is 13.6 Å². The first-order valence-corrected chi connectivity index (χ1v) is 9.12. The Morgan fingerprint density at radius 3 is 2.63 bits per heavy atom. The third-order valence-corrected chi connectivity index (χ3v) is 4.93. The van der Waals surface area contributed by atoms with Gasteiger partial charge in [-0.1, -0.05) is 35.3 Å². The molecule has 0 bridgehead atoms. The fourth-order valence-corrected chi connectivity index (χ4v) is 3.24. The number of benzene rings is 2. The van der Waals surface area contributed by atoms with E-state index in [4.69, 9.17) is 27.6 Å². The van der Waals surface area contributed by atoms with Crippen LogP contribution in [0.1, 0.15) is 29.1 Å². The molecule has 138 valence electrons. The van der Waals surface area contributed by atoms with Gasteiger partial charge in [-0.25, -0.2) is 4.39 Å². The standard InChI is InChI=1S/C19H14Cl2FN3O2/c20-15-4-2-1-3-13(15)18-24-23-17(27-18)10-25(12-6-7-12)19(26)14-8-5-11(22)9-16(14)21/h1-5,8-9,12H,6-7,10H2. The molecule has 0 spiro atoms. The molecule has 1 fully saturated rings. The lowest BCUT2D eigenvalue weighted by molar-refractivity contribution is 0.0714. The molecule has 1 saturated carbocycles. The average Bonchev–Trinajstić information content (AvgIpc) is 3.38. The third-order valence-electron chi connectivity index (χ3n) is 4.29. The molecule has 0 N–H and O–H groups in total. The van der Waals surface area contributed by atoms with Gasteiger partial charge in [0.25, 0.3) is 5.91 Å². The second kappa shape index (κ2) is 7.29. The van der Waals surface area contributed by atoms with Gasteiger partial charge in [0.1, 0.15) is 5.82 Å². The SMILES string of the molecule is O=C(c1ccc(F)cc1Cl)N(Cc1nnc(-c2ccccc2Cl)o1)C1CC1. The number of halogens is 3. The summed E-state index contributed by atoms with van der Waals surface area (Å²) in [6.07, 6.45) is 1.77. The van der Waals surface area contributed by atoms with Crippen LogP contribution < -0.4 is 0 Å². The van der Waals surface area contributed by atoms with Crippen molar-refractivity contribution >= 4 is 29.1 Å². The van der Waals surface area contributed by atoms with Gasteiger partial charge in [-0.2, -0.15) is 0 Å². The number of aromatic nitrogens is 2. The minimum atomic E-state index is -0.490. The summed E-state index contributed by atoms with van der Waals surface area (Å²) in [4.78, 5) is 14.5. The Balaban J connectivity index is 1.58. The fourth-order valence-electron chi connectivity index (χ4n) is 2.78. The molecule has 0 atom stereocenters. The second-order valence-electron chi connectivity index (χ2n) is 6.27. The Morgan fingerprint density at radius 2 is 1.93 bits per heavy atom. The van der Waals surface area contributed by atoms with E-state index >= 15 is 0 Å². The number of nitrogens with zero attached hydrogens (tertiary/aromatic N) is 3. The summed E-state index contributed by atoms with van der Waals surface area (Å²) in [7, 11) is 0. The summed E-state index contributed by atoms with van der Waals surface area (Å²) in [5, 5.41) is 8.64. The Morgan fingerprint density at radius 1 is 1.15 bits per heavy atom. The normalized spacial score (nSPS) is 13.6. The molecule has 1 aromatic heterocycles. The van der Waals surface area contributed by atoms with Crippen molar-refractivity contribution in [1.82, 2.24) is 15.1 Å². The van der Waals surface area contributed by atoms with E-state index in [9.17, 15) is 9.18 Å². The predicted octanol–water partition coefficient (Wildman–Crippen LogP) is 4.99. The van der Waals surface area contributed by atoms with Gasteiger partial charge in [-0.3, -0.25) is 4.79 Å². The summed E-state index contributed by atoms with van der Waals surface area (Å²) in [5.74, 6) is -0.196. The molecule has 1 amide bonds. The highest BCUT2D eigenvalue weighted by Crippen LogP contribution is 2.32. The number of hydrogen-bond donors (Lipinski definition) is 0. The third kappa shape index (κ3) is 3.82. The lowest BCUT2D eigenvalue weighted by Crippen LogP contribution is -2.33. The summed E-state index contributed by atoms with van der Waals surface area (Å²) in [6.45, 7) is 0.147. The molecule has 8 heteroatoms. The number of carbonyl (C=O) groups excluding carboxylic acids is 1. The Hall–Kier alpha value is -2.44. The van der Waals surface area contributed by atoms with E-state index in [0.717, 1.165) is 18.9 Å². The largest absolute Gasteiger partial charge is 0.419 e. The fraction of sp³-hybridized carbons (Fsp3) is 0.211. The summed E-state index contributed by atoms with van der Waals surface area (Å²) < 4.78 is 19.0. The van der Waals surface area contributed by atoms with E-state index in [0.29, 0.717) is 22.4 Å². The van der Waals surface area contributed by atoms with Crippen LogP contribution in [0.2, 0.25) is 10.0 Å². The van der Waals surface area contributed by atoms with Crippen LogP contribution >= 0.6 is 23.2 Å². The summed E-state index contributed by atoms with van der Waals surface area (Å²) >= 11 is 12.2. The first kappa shape index (κ1) is 17.9. The predicted molar refractivity (Wildman–Crippen MR) is 99.0 cm³/mol. The van der Waals surface area contributed by atoms with Gasteiger partial charge in [0, 0.05) is 6.04 Å². The number of hydrogen-bond acceptors (Lipinski definition) is 4. The molecule has 0 unspecified atom stereocenters. The topological polar surface area (TPSA) is 59.2 Å². The molecule has 5 nitrogen and oxygen atoms in total. The van der Waals surface area contributed by atoms with Gasteiger partial charge in [0.15, 0.2) is 0 Å². The van der Waals surface area contributed by atoms with Crippen molar-refractivity contribution in [2.75, 3.05) is 0 Å². The molecule has 4 rings (SSSR count). The van der Waals surface area contributed by atoms with Crippen molar-refractivity contribution in [3.63, 3.8) is 0 Å². The Kier molecular flexibility index (Phi) is 4.85. The summed E-state index contributed by atoms with van der Waals surface area (Å²) in [6, 6.07) is 10.9. The lowest BCUT2D eigenvalue weighted by atomic mass is 10.2.